The first-order valence-electron chi connectivity index (χ1n) is 3.86. The second kappa shape index (κ2) is 3.19. The normalized spacial score (nSPS) is 32.5. The molecule has 4 heteroatoms. The standard InChI is InChI=1S/C7H14N2O2/c1-2-9-4-5(10)3-6(9)7(8)11/h5-6,10H,2-4H2,1H3,(H2,8,11). The van der Waals surface area contributed by atoms with Crippen molar-refractivity contribution in [2.75, 3.05) is 13.1 Å². The van der Waals surface area contributed by atoms with E-state index in [2.05, 4.69) is 0 Å². The van der Waals surface area contributed by atoms with Crippen molar-refractivity contribution in [1.82, 2.24) is 4.90 Å². The molecule has 2 atom stereocenters. The first-order valence-corrected chi connectivity index (χ1v) is 3.86. The van der Waals surface area contributed by atoms with E-state index in [1.807, 2.05) is 11.8 Å². The average molecular weight is 158 g/mol. The van der Waals surface area contributed by atoms with E-state index < -0.39 is 0 Å². The van der Waals surface area contributed by atoms with E-state index in [9.17, 15) is 9.90 Å². The molecule has 1 heterocycles. The fourth-order valence-corrected chi connectivity index (χ4v) is 1.52. The van der Waals surface area contributed by atoms with Crippen LogP contribution in [-0.2, 0) is 4.79 Å². The van der Waals surface area contributed by atoms with Crippen LogP contribution in [0.15, 0.2) is 0 Å². The molecule has 4 nitrogen and oxygen atoms in total. The van der Waals surface area contributed by atoms with Gasteiger partial charge in [-0.1, -0.05) is 6.92 Å². The van der Waals surface area contributed by atoms with Gasteiger partial charge < -0.3 is 10.8 Å². The minimum atomic E-state index is -0.382. The highest BCUT2D eigenvalue weighted by molar-refractivity contribution is 5.80. The maximum Gasteiger partial charge on any atom is 0.234 e. The van der Waals surface area contributed by atoms with Crippen molar-refractivity contribution < 1.29 is 9.90 Å². The Morgan fingerprint density at radius 2 is 2.45 bits per heavy atom. The highest BCUT2D eigenvalue weighted by atomic mass is 16.3. The minimum Gasteiger partial charge on any atom is -0.392 e. The van der Waals surface area contributed by atoms with Crippen LogP contribution in [0.5, 0.6) is 0 Å². The Morgan fingerprint density at radius 3 is 2.82 bits per heavy atom. The molecule has 0 aromatic rings. The predicted molar refractivity (Wildman–Crippen MR) is 40.9 cm³/mol. The molecule has 1 amide bonds. The molecular weight excluding hydrogens is 144 g/mol. The van der Waals surface area contributed by atoms with Gasteiger partial charge in [0.1, 0.15) is 0 Å². The lowest BCUT2D eigenvalue weighted by molar-refractivity contribution is -0.122. The van der Waals surface area contributed by atoms with Crippen molar-refractivity contribution in [2.45, 2.75) is 25.5 Å². The second-order valence-electron chi connectivity index (χ2n) is 2.90. The largest absolute Gasteiger partial charge is 0.392 e. The fourth-order valence-electron chi connectivity index (χ4n) is 1.52. The summed E-state index contributed by atoms with van der Waals surface area (Å²) in [6.07, 6.45) is 0.107. The number of carbonyl (C=O) groups is 1. The Bertz CT molecular complexity index is 161. The SMILES string of the molecule is CCN1CC(O)CC1C(N)=O. The van der Waals surface area contributed by atoms with Gasteiger partial charge in [-0.3, -0.25) is 9.69 Å². The molecule has 1 rings (SSSR count). The molecule has 2 unspecified atom stereocenters. The first kappa shape index (κ1) is 8.49. The number of hydrogen-bond acceptors (Lipinski definition) is 3. The molecule has 1 saturated heterocycles. The second-order valence-corrected chi connectivity index (χ2v) is 2.90. The summed E-state index contributed by atoms with van der Waals surface area (Å²) in [5.41, 5.74) is 5.13. The van der Waals surface area contributed by atoms with E-state index in [1.54, 1.807) is 0 Å². The van der Waals surface area contributed by atoms with Crippen LogP contribution >= 0.6 is 0 Å². The van der Waals surface area contributed by atoms with Gasteiger partial charge in [0.2, 0.25) is 5.91 Å². The van der Waals surface area contributed by atoms with Crippen molar-refractivity contribution in [3.63, 3.8) is 0 Å². The third-order valence-corrected chi connectivity index (χ3v) is 2.12. The number of aliphatic hydroxyl groups is 1. The van der Waals surface area contributed by atoms with E-state index in [0.717, 1.165) is 6.54 Å². The molecule has 0 saturated carbocycles. The summed E-state index contributed by atoms with van der Waals surface area (Å²) in [6.45, 7) is 3.29. The molecule has 1 aliphatic heterocycles. The topological polar surface area (TPSA) is 66.6 Å². The smallest absolute Gasteiger partial charge is 0.234 e. The number of amides is 1. The summed E-state index contributed by atoms with van der Waals surface area (Å²) >= 11 is 0. The van der Waals surface area contributed by atoms with Crippen molar-refractivity contribution >= 4 is 5.91 Å². The van der Waals surface area contributed by atoms with Crippen LogP contribution in [0.25, 0.3) is 0 Å². The number of rotatable bonds is 2. The van der Waals surface area contributed by atoms with Gasteiger partial charge in [-0.25, -0.2) is 0 Å². The lowest BCUT2D eigenvalue weighted by Gasteiger charge is -2.18. The molecule has 11 heavy (non-hydrogen) atoms. The van der Waals surface area contributed by atoms with Crippen molar-refractivity contribution in [3.8, 4) is 0 Å². The summed E-state index contributed by atoms with van der Waals surface area (Å²) in [5.74, 6) is -0.330. The molecule has 0 aromatic heterocycles. The van der Waals surface area contributed by atoms with E-state index in [1.165, 1.54) is 0 Å². The van der Waals surface area contributed by atoms with Gasteiger partial charge in [0.25, 0.3) is 0 Å². The summed E-state index contributed by atoms with van der Waals surface area (Å²) in [4.78, 5) is 12.7. The quantitative estimate of drug-likeness (QED) is 0.537. The van der Waals surface area contributed by atoms with Crippen LogP contribution in [-0.4, -0.2) is 41.1 Å². The molecule has 64 valence electrons. The van der Waals surface area contributed by atoms with Crippen LogP contribution in [0, 0.1) is 0 Å². The number of carbonyl (C=O) groups excluding carboxylic acids is 1. The monoisotopic (exact) mass is 158 g/mol. The van der Waals surface area contributed by atoms with Gasteiger partial charge in [0.15, 0.2) is 0 Å². The number of aliphatic hydroxyl groups excluding tert-OH is 1. The molecule has 1 fully saturated rings. The van der Waals surface area contributed by atoms with Crippen molar-refractivity contribution in [3.05, 3.63) is 0 Å². The Balaban J connectivity index is 2.57. The zero-order valence-corrected chi connectivity index (χ0v) is 6.66. The first-order chi connectivity index (χ1) is 5.15. The zero-order valence-electron chi connectivity index (χ0n) is 6.66. The third-order valence-electron chi connectivity index (χ3n) is 2.12. The van der Waals surface area contributed by atoms with Crippen LogP contribution in [0.1, 0.15) is 13.3 Å². The molecule has 0 aliphatic carbocycles. The molecule has 0 bridgehead atoms. The minimum absolute atomic E-state index is 0.255. The summed E-state index contributed by atoms with van der Waals surface area (Å²) in [6, 6.07) is -0.255. The maximum absolute atomic E-state index is 10.8. The van der Waals surface area contributed by atoms with Gasteiger partial charge in [-0.05, 0) is 13.0 Å². The molecular formula is C7H14N2O2. The number of likely N-dealkylation sites (N-methyl/N-ethyl adjacent to an activating group) is 1. The lowest BCUT2D eigenvalue weighted by atomic mass is 10.2. The molecule has 0 radical (unpaired) electrons. The van der Waals surface area contributed by atoms with Crippen LogP contribution in [0.2, 0.25) is 0 Å². The Kier molecular flexibility index (Phi) is 2.46. The van der Waals surface area contributed by atoms with Crippen LogP contribution in [0.3, 0.4) is 0 Å². The number of nitrogens with zero attached hydrogens (tertiary/aromatic N) is 1. The van der Waals surface area contributed by atoms with Gasteiger partial charge in [-0.15, -0.1) is 0 Å². The molecule has 0 spiro atoms. The predicted octanol–water partition coefficient (Wildman–Crippen LogP) is -1.07. The number of β-amino-alcohol motifs (C(OH)–C–C–N with tert-alkyl or cyclic N) is 1. The number of primary amides is 1. The summed E-state index contributed by atoms with van der Waals surface area (Å²) in [5, 5.41) is 9.20. The van der Waals surface area contributed by atoms with Crippen LogP contribution < -0.4 is 5.73 Å². The highest BCUT2D eigenvalue weighted by Crippen LogP contribution is 2.16. The third kappa shape index (κ3) is 1.70. The Labute approximate surface area is 66.0 Å². The van der Waals surface area contributed by atoms with E-state index in [-0.39, 0.29) is 18.1 Å². The van der Waals surface area contributed by atoms with E-state index >= 15 is 0 Å². The zero-order chi connectivity index (χ0) is 8.43. The fraction of sp³-hybridized carbons (Fsp3) is 0.857. The molecule has 1 aliphatic rings. The number of nitrogens with two attached hydrogens (primary N) is 1. The highest BCUT2D eigenvalue weighted by Gasteiger charge is 2.33. The number of likely N-dealkylation sites (tertiary alicyclic amines) is 1. The van der Waals surface area contributed by atoms with E-state index in [4.69, 9.17) is 5.73 Å². The maximum atomic E-state index is 10.8. The molecule has 0 aromatic carbocycles. The van der Waals surface area contributed by atoms with Gasteiger partial charge >= 0.3 is 0 Å². The Hall–Kier alpha value is -0.610. The van der Waals surface area contributed by atoms with Gasteiger partial charge in [0, 0.05) is 6.54 Å². The molecule has 3 N–H and O–H groups in total. The summed E-state index contributed by atoms with van der Waals surface area (Å²) in [7, 11) is 0. The average Bonchev–Trinajstić information content (AvgIpc) is 2.30. The van der Waals surface area contributed by atoms with Gasteiger partial charge in [-0.2, -0.15) is 0 Å². The van der Waals surface area contributed by atoms with Crippen molar-refractivity contribution in [1.29, 1.82) is 0 Å². The Morgan fingerprint density at radius 1 is 1.82 bits per heavy atom. The lowest BCUT2D eigenvalue weighted by Crippen LogP contribution is -2.39. The van der Waals surface area contributed by atoms with Crippen LogP contribution in [0.4, 0.5) is 0 Å². The van der Waals surface area contributed by atoms with E-state index in [0.29, 0.717) is 13.0 Å². The number of hydrogen-bond donors (Lipinski definition) is 2. The van der Waals surface area contributed by atoms with Gasteiger partial charge in [0.05, 0.1) is 12.1 Å². The van der Waals surface area contributed by atoms with Crippen molar-refractivity contribution in [2.24, 2.45) is 5.73 Å². The summed E-state index contributed by atoms with van der Waals surface area (Å²) < 4.78 is 0.